The van der Waals surface area contributed by atoms with Crippen LogP contribution in [0.25, 0.3) is 0 Å². The number of methoxy groups -OCH3 is 1. The van der Waals surface area contributed by atoms with Crippen molar-refractivity contribution in [3.05, 3.63) is 28.8 Å². The fourth-order valence-corrected chi connectivity index (χ4v) is 2.06. The molecule has 0 bridgehead atoms. The Morgan fingerprint density at radius 1 is 1.41 bits per heavy atom. The number of hydrogen-bond donors (Lipinski definition) is 3. The van der Waals surface area contributed by atoms with Gasteiger partial charge in [-0.2, -0.15) is 0 Å². The van der Waals surface area contributed by atoms with Crippen molar-refractivity contribution in [2.45, 2.75) is 25.9 Å². The molecule has 2 amide bonds. The molecule has 1 unspecified atom stereocenters. The van der Waals surface area contributed by atoms with Crippen LogP contribution < -0.4 is 16.4 Å². The van der Waals surface area contributed by atoms with E-state index < -0.39 is 0 Å². The molecule has 1 atom stereocenters. The van der Waals surface area contributed by atoms with Gasteiger partial charge in [0.2, 0.25) is 5.91 Å². The predicted octanol–water partition coefficient (Wildman–Crippen LogP) is 1.78. The number of nitrogens with two attached hydrogens (primary N) is 1. The van der Waals surface area contributed by atoms with Crippen molar-refractivity contribution in [3.63, 3.8) is 0 Å². The number of nitrogens with one attached hydrogen (secondary N) is 2. The number of halogens is 1. The second-order valence-electron chi connectivity index (χ2n) is 4.80. The van der Waals surface area contributed by atoms with Gasteiger partial charge in [-0.15, -0.1) is 0 Å². The summed E-state index contributed by atoms with van der Waals surface area (Å²) in [7, 11) is 1.51. The quantitative estimate of drug-likeness (QED) is 0.678. The van der Waals surface area contributed by atoms with E-state index in [9.17, 15) is 9.59 Å². The first-order chi connectivity index (χ1) is 10.5. The summed E-state index contributed by atoms with van der Waals surface area (Å²) in [5.41, 5.74) is 6.37. The SMILES string of the molecule is CCCNC(=O)c1ccc(NC(=O)CC(CN)OC)cc1Cl. The first-order valence-corrected chi connectivity index (χ1v) is 7.50. The second kappa shape index (κ2) is 9.40. The van der Waals surface area contributed by atoms with Gasteiger partial charge in [-0.3, -0.25) is 9.59 Å². The summed E-state index contributed by atoms with van der Waals surface area (Å²) in [5.74, 6) is -0.455. The van der Waals surface area contributed by atoms with Gasteiger partial charge >= 0.3 is 0 Å². The van der Waals surface area contributed by atoms with Gasteiger partial charge in [0, 0.05) is 25.9 Å². The molecule has 22 heavy (non-hydrogen) atoms. The highest BCUT2D eigenvalue weighted by Crippen LogP contribution is 2.21. The number of rotatable bonds is 8. The molecule has 7 heteroatoms. The Kier molecular flexibility index (Phi) is 7.87. The molecule has 122 valence electrons. The summed E-state index contributed by atoms with van der Waals surface area (Å²) in [5, 5.41) is 5.74. The van der Waals surface area contributed by atoms with E-state index in [-0.39, 0.29) is 35.9 Å². The van der Waals surface area contributed by atoms with Gasteiger partial charge in [0.25, 0.3) is 5.91 Å². The van der Waals surface area contributed by atoms with Crippen LogP contribution in [0.15, 0.2) is 18.2 Å². The van der Waals surface area contributed by atoms with Crippen LogP contribution in [0, 0.1) is 0 Å². The van der Waals surface area contributed by atoms with E-state index in [1.165, 1.54) is 7.11 Å². The molecule has 1 aromatic carbocycles. The number of hydrogen-bond acceptors (Lipinski definition) is 4. The lowest BCUT2D eigenvalue weighted by atomic mass is 10.1. The fourth-order valence-electron chi connectivity index (χ4n) is 1.79. The Labute approximate surface area is 135 Å². The van der Waals surface area contributed by atoms with Crippen molar-refractivity contribution < 1.29 is 14.3 Å². The van der Waals surface area contributed by atoms with Crippen molar-refractivity contribution in [3.8, 4) is 0 Å². The molecule has 0 spiro atoms. The largest absolute Gasteiger partial charge is 0.380 e. The highest BCUT2D eigenvalue weighted by Gasteiger charge is 2.14. The normalized spacial score (nSPS) is 11.8. The highest BCUT2D eigenvalue weighted by atomic mass is 35.5. The molecular weight excluding hydrogens is 306 g/mol. The van der Waals surface area contributed by atoms with Crippen LogP contribution in [-0.4, -0.2) is 38.1 Å². The molecular formula is C15H22ClN3O3. The lowest BCUT2D eigenvalue weighted by Crippen LogP contribution is -2.28. The Hall–Kier alpha value is -1.63. The van der Waals surface area contributed by atoms with E-state index in [0.29, 0.717) is 17.8 Å². The van der Waals surface area contributed by atoms with Crippen LogP contribution in [0.5, 0.6) is 0 Å². The van der Waals surface area contributed by atoms with Crippen LogP contribution in [0.3, 0.4) is 0 Å². The molecule has 0 aliphatic carbocycles. The Balaban J connectivity index is 2.69. The minimum atomic E-state index is -0.324. The van der Waals surface area contributed by atoms with E-state index in [1.807, 2.05) is 6.92 Å². The molecule has 1 rings (SSSR count). The van der Waals surface area contributed by atoms with Crippen LogP contribution in [0.1, 0.15) is 30.1 Å². The molecule has 6 nitrogen and oxygen atoms in total. The third-order valence-electron chi connectivity index (χ3n) is 3.04. The molecule has 0 saturated carbocycles. The molecule has 1 aromatic rings. The Bertz CT molecular complexity index is 519. The standard InChI is InChI=1S/C15H22ClN3O3/c1-3-6-18-15(21)12-5-4-10(7-13(12)16)19-14(20)8-11(9-17)22-2/h4-5,7,11H,3,6,8-9,17H2,1-2H3,(H,18,21)(H,19,20). The monoisotopic (exact) mass is 327 g/mol. The smallest absolute Gasteiger partial charge is 0.252 e. The van der Waals surface area contributed by atoms with E-state index in [1.54, 1.807) is 18.2 Å². The van der Waals surface area contributed by atoms with E-state index in [2.05, 4.69) is 10.6 Å². The lowest BCUT2D eigenvalue weighted by molar-refractivity contribution is -0.118. The van der Waals surface area contributed by atoms with Crippen LogP contribution in [0.4, 0.5) is 5.69 Å². The molecule has 0 fully saturated rings. The minimum Gasteiger partial charge on any atom is -0.380 e. The number of amides is 2. The van der Waals surface area contributed by atoms with Gasteiger partial charge in [-0.05, 0) is 24.6 Å². The van der Waals surface area contributed by atoms with Crippen molar-refractivity contribution in [2.75, 3.05) is 25.5 Å². The zero-order valence-corrected chi connectivity index (χ0v) is 13.6. The van der Waals surface area contributed by atoms with Crippen molar-refractivity contribution >= 4 is 29.1 Å². The predicted molar refractivity (Wildman–Crippen MR) is 87.2 cm³/mol. The molecule has 0 saturated heterocycles. The Morgan fingerprint density at radius 2 is 2.14 bits per heavy atom. The summed E-state index contributed by atoms with van der Waals surface area (Å²) in [4.78, 5) is 23.7. The van der Waals surface area contributed by atoms with Crippen molar-refractivity contribution in [1.29, 1.82) is 0 Å². The molecule has 0 radical (unpaired) electrons. The van der Waals surface area contributed by atoms with Gasteiger partial charge in [-0.1, -0.05) is 18.5 Å². The zero-order chi connectivity index (χ0) is 16.5. The number of benzene rings is 1. The summed E-state index contributed by atoms with van der Waals surface area (Å²) < 4.78 is 5.05. The molecule has 0 aliphatic heterocycles. The van der Waals surface area contributed by atoms with Gasteiger partial charge in [0.05, 0.1) is 23.1 Å². The molecule has 0 aromatic heterocycles. The van der Waals surface area contributed by atoms with Crippen molar-refractivity contribution in [2.24, 2.45) is 5.73 Å². The number of anilines is 1. The average molecular weight is 328 g/mol. The number of carbonyl (C=O) groups excluding carboxylic acids is 2. The first kappa shape index (κ1) is 18.4. The summed E-state index contributed by atoms with van der Waals surface area (Å²) in [6.45, 7) is 2.82. The van der Waals surface area contributed by atoms with Gasteiger partial charge in [0.15, 0.2) is 0 Å². The second-order valence-corrected chi connectivity index (χ2v) is 5.20. The molecule has 0 aliphatic rings. The fraction of sp³-hybridized carbons (Fsp3) is 0.467. The van der Waals surface area contributed by atoms with E-state index in [4.69, 9.17) is 22.1 Å². The van der Waals surface area contributed by atoms with Gasteiger partial charge in [0.1, 0.15) is 0 Å². The maximum Gasteiger partial charge on any atom is 0.252 e. The van der Waals surface area contributed by atoms with Crippen molar-refractivity contribution in [1.82, 2.24) is 5.32 Å². The van der Waals surface area contributed by atoms with Gasteiger partial charge < -0.3 is 21.1 Å². The maximum absolute atomic E-state index is 11.9. The summed E-state index contributed by atoms with van der Waals surface area (Å²) >= 11 is 6.09. The van der Waals surface area contributed by atoms with E-state index >= 15 is 0 Å². The van der Waals surface area contributed by atoms with Crippen LogP contribution in [-0.2, 0) is 9.53 Å². The third kappa shape index (κ3) is 5.63. The molecule has 4 N–H and O–H groups in total. The minimum absolute atomic E-state index is 0.156. The number of ether oxygens (including phenoxy) is 1. The molecule has 0 heterocycles. The average Bonchev–Trinajstić information content (AvgIpc) is 2.50. The number of carbonyl (C=O) groups is 2. The van der Waals surface area contributed by atoms with E-state index in [0.717, 1.165) is 6.42 Å². The lowest BCUT2D eigenvalue weighted by Gasteiger charge is -2.13. The van der Waals surface area contributed by atoms with Crippen LogP contribution >= 0.6 is 11.6 Å². The van der Waals surface area contributed by atoms with Crippen LogP contribution in [0.2, 0.25) is 5.02 Å². The van der Waals surface area contributed by atoms with Gasteiger partial charge in [-0.25, -0.2) is 0 Å². The first-order valence-electron chi connectivity index (χ1n) is 7.12. The zero-order valence-electron chi connectivity index (χ0n) is 12.8. The maximum atomic E-state index is 11.9. The highest BCUT2D eigenvalue weighted by molar-refractivity contribution is 6.34. The summed E-state index contributed by atoms with van der Waals surface area (Å²) in [6.07, 6.45) is 0.678. The summed E-state index contributed by atoms with van der Waals surface area (Å²) in [6, 6.07) is 4.76. The Morgan fingerprint density at radius 3 is 2.68 bits per heavy atom. The third-order valence-corrected chi connectivity index (χ3v) is 3.36. The topological polar surface area (TPSA) is 93.5 Å².